The molecule has 0 saturated heterocycles. The second-order valence-electron chi connectivity index (χ2n) is 5.88. The Kier molecular flexibility index (Phi) is 4.70. The van der Waals surface area contributed by atoms with Crippen molar-refractivity contribution in [3.63, 3.8) is 0 Å². The Morgan fingerprint density at radius 2 is 1.64 bits per heavy atom. The van der Waals surface area contributed by atoms with Crippen LogP contribution < -0.4 is 24.3 Å². The van der Waals surface area contributed by atoms with Gasteiger partial charge in [-0.1, -0.05) is 41.7 Å². The standard InChI is InChI=1S/C20H17N3O4S/c1-25-14-9-12(10-15(26-2)17(14)27-3)11-16-19(24)23-18(21-22-20(23)28-16)13-7-5-4-6-8-13/h4-11H,1-3H3. The molecule has 28 heavy (non-hydrogen) atoms. The van der Waals surface area contributed by atoms with Gasteiger partial charge in [0, 0.05) is 5.56 Å². The second-order valence-corrected chi connectivity index (χ2v) is 6.89. The van der Waals surface area contributed by atoms with E-state index >= 15 is 0 Å². The molecular formula is C20H17N3O4S. The summed E-state index contributed by atoms with van der Waals surface area (Å²) in [5, 5.41) is 8.32. The Bertz CT molecular complexity index is 1220. The van der Waals surface area contributed by atoms with E-state index in [0.717, 1.165) is 11.1 Å². The smallest absolute Gasteiger partial charge is 0.276 e. The number of hydrogen-bond donors (Lipinski definition) is 0. The molecule has 0 bridgehead atoms. The Labute approximate surface area is 164 Å². The predicted molar refractivity (Wildman–Crippen MR) is 107 cm³/mol. The molecule has 8 heteroatoms. The van der Waals surface area contributed by atoms with Gasteiger partial charge in [-0.05, 0) is 23.8 Å². The molecule has 0 amide bonds. The molecule has 4 rings (SSSR count). The van der Waals surface area contributed by atoms with Crippen LogP contribution >= 0.6 is 11.3 Å². The van der Waals surface area contributed by atoms with Gasteiger partial charge < -0.3 is 14.2 Å². The fraction of sp³-hybridized carbons (Fsp3) is 0.150. The highest BCUT2D eigenvalue weighted by molar-refractivity contribution is 7.15. The summed E-state index contributed by atoms with van der Waals surface area (Å²) in [5.41, 5.74) is 1.42. The lowest BCUT2D eigenvalue weighted by Crippen LogP contribution is -2.23. The molecule has 0 saturated carbocycles. The zero-order valence-electron chi connectivity index (χ0n) is 15.5. The van der Waals surface area contributed by atoms with Gasteiger partial charge in [-0.2, -0.15) is 0 Å². The number of thiazole rings is 1. The quantitative estimate of drug-likeness (QED) is 0.517. The molecule has 0 aliphatic rings. The molecule has 0 radical (unpaired) electrons. The topological polar surface area (TPSA) is 75.0 Å². The summed E-state index contributed by atoms with van der Waals surface area (Å²) in [6.45, 7) is 0. The summed E-state index contributed by atoms with van der Waals surface area (Å²) in [4.78, 5) is 13.5. The van der Waals surface area contributed by atoms with Crippen LogP contribution in [0.5, 0.6) is 17.2 Å². The van der Waals surface area contributed by atoms with Crippen molar-refractivity contribution in [2.24, 2.45) is 0 Å². The zero-order valence-corrected chi connectivity index (χ0v) is 16.3. The first kappa shape index (κ1) is 18.0. The summed E-state index contributed by atoms with van der Waals surface area (Å²) in [7, 11) is 4.65. The van der Waals surface area contributed by atoms with E-state index in [4.69, 9.17) is 14.2 Å². The normalized spacial score (nSPS) is 11.8. The van der Waals surface area contributed by atoms with Crippen molar-refractivity contribution in [2.75, 3.05) is 21.3 Å². The van der Waals surface area contributed by atoms with E-state index in [-0.39, 0.29) is 5.56 Å². The van der Waals surface area contributed by atoms with E-state index in [1.807, 2.05) is 30.3 Å². The molecule has 0 atom stereocenters. The van der Waals surface area contributed by atoms with Crippen LogP contribution in [0.25, 0.3) is 22.4 Å². The SMILES string of the molecule is COc1cc(C=c2sc3nnc(-c4ccccc4)n3c2=O)cc(OC)c1OC. The maximum atomic E-state index is 13.0. The van der Waals surface area contributed by atoms with E-state index in [0.29, 0.717) is 32.6 Å². The fourth-order valence-corrected chi connectivity index (χ4v) is 3.89. The molecule has 142 valence electrons. The number of methoxy groups -OCH3 is 3. The molecule has 7 nitrogen and oxygen atoms in total. The highest BCUT2D eigenvalue weighted by Gasteiger charge is 2.15. The van der Waals surface area contributed by atoms with Crippen LogP contribution in [0.2, 0.25) is 0 Å². The van der Waals surface area contributed by atoms with Gasteiger partial charge in [0.05, 0.1) is 25.9 Å². The molecular weight excluding hydrogens is 378 g/mol. The summed E-state index contributed by atoms with van der Waals surface area (Å²) in [6, 6.07) is 13.1. The number of nitrogens with zero attached hydrogens (tertiary/aromatic N) is 3. The van der Waals surface area contributed by atoms with Crippen molar-refractivity contribution in [1.29, 1.82) is 0 Å². The first-order valence-corrected chi connectivity index (χ1v) is 9.23. The van der Waals surface area contributed by atoms with Crippen molar-refractivity contribution in [3.8, 4) is 28.6 Å². The molecule has 2 heterocycles. The highest BCUT2D eigenvalue weighted by atomic mass is 32.1. The van der Waals surface area contributed by atoms with E-state index < -0.39 is 0 Å². The number of ether oxygens (including phenoxy) is 3. The number of aromatic nitrogens is 3. The first-order chi connectivity index (χ1) is 13.7. The van der Waals surface area contributed by atoms with Gasteiger partial charge in [-0.15, -0.1) is 10.2 Å². The minimum Gasteiger partial charge on any atom is -0.493 e. The van der Waals surface area contributed by atoms with Gasteiger partial charge >= 0.3 is 0 Å². The van der Waals surface area contributed by atoms with Gasteiger partial charge in [0.1, 0.15) is 0 Å². The third kappa shape index (κ3) is 2.97. The van der Waals surface area contributed by atoms with E-state index in [1.165, 1.54) is 15.7 Å². The van der Waals surface area contributed by atoms with Crippen molar-refractivity contribution >= 4 is 22.4 Å². The van der Waals surface area contributed by atoms with Gasteiger partial charge in [0.25, 0.3) is 5.56 Å². The van der Waals surface area contributed by atoms with Crippen LogP contribution in [0.3, 0.4) is 0 Å². The van der Waals surface area contributed by atoms with Crippen molar-refractivity contribution in [3.05, 3.63) is 62.9 Å². The molecule has 0 spiro atoms. The average molecular weight is 395 g/mol. The van der Waals surface area contributed by atoms with Crippen LogP contribution in [-0.4, -0.2) is 35.9 Å². The van der Waals surface area contributed by atoms with E-state index in [9.17, 15) is 4.79 Å². The van der Waals surface area contributed by atoms with Crippen LogP contribution in [0.4, 0.5) is 0 Å². The molecule has 0 aliphatic carbocycles. The summed E-state index contributed by atoms with van der Waals surface area (Å²) >= 11 is 1.28. The molecule has 0 fully saturated rings. The van der Waals surface area contributed by atoms with Crippen molar-refractivity contribution in [2.45, 2.75) is 0 Å². The largest absolute Gasteiger partial charge is 0.493 e. The van der Waals surface area contributed by atoms with Gasteiger partial charge in [-0.3, -0.25) is 4.79 Å². The minimum atomic E-state index is -0.169. The maximum absolute atomic E-state index is 13.0. The number of rotatable bonds is 5. The zero-order chi connectivity index (χ0) is 19.7. The number of benzene rings is 2. The molecule has 2 aromatic carbocycles. The Hall–Kier alpha value is -3.39. The van der Waals surface area contributed by atoms with Crippen LogP contribution in [0.1, 0.15) is 5.56 Å². The molecule has 0 unspecified atom stereocenters. The van der Waals surface area contributed by atoms with Crippen LogP contribution in [0, 0.1) is 0 Å². The fourth-order valence-electron chi connectivity index (χ4n) is 2.97. The van der Waals surface area contributed by atoms with E-state index in [1.54, 1.807) is 39.5 Å². The summed E-state index contributed by atoms with van der Waals surface area (Å²) in [5.74, 6) is 2.07. The summed E-state index contributed by atoms with van der Waals surface area (Å²) < 4.78 is 18.2. The molecule has 4 aromatic rings. The van der Waals surface area contributed by atoms with Crippen LogP contribution in [-0.2, 0) is 0 Å². The Morgan fingerprint density at radius 1 is 0.964 bits per heavy atom. The maximum Gasteiger partial charge on any atom is 0.276 e. The lowest BCUT2D eigenvalue weighted by Gasteiger charge is -2.12. The van der Waals surface area contributed by atoms with Gasteiger partial charge in [-0.25, -0.2) is 4.40 Å². The monoisotopic (exact) mass is 395 g/mol. The van der Waals surface area contributed by atoms with Gasteiger partial charge in [0.2, 0.25) is 10.7 Å². The average Bonchev–Trinajstić information content (AvgIpc) is 3.28. The van der Waals surface area contributed by atoms with Crippen molar-refractivity contribution in [1.82, 2.24) is 14.6 Å². The number of hydrogen-bond acceptors (Lipinski definition) is 7. The van der Waals surface area contributed by atoms with Crippen molar-refractivity contribution < 1.29 is 14.2 Å². The lowest BCUT2D eigenvalue weighted by atomic mass is 10.1. The highest BCUT2D eigenvalue weighted by Crippen LogP contribution is 2.38. The van der Waals surface area contributed by atoms with Gasteiger partial charge in [0.15, 0.2) is 17.3 Å². The second kappa shape index (κ2) is 7.32. The molecule has 2 aromatic heterocycles. The predicted octanol–water partition coefficient (Wildman–Crippen LogP) is 2.39. The minimum absolute atomic E-state index is 0.169. The Balaban J connectivity index is 1.89. The van der Waals surface area contributed by atoms with Crippen LogP contribution in [0.15, 0.2) is 47.3 Å². The molecule has 0 aliphatic heterocycles. The first-order valence-electron chi connectivity index (χ1n) is 8.41. The Morgan fingerprint density at radius 3 is 2.25 bits per heavy atom. The lowest BCUT2D eigenvalue weighted by molar-refractivity contribution is 0.324. The molecule has 0 N–H and O–H groups in total. The number of fused-ring (bicyclic) bond motifs is 1. The summed E-state index contributed by atoms with van der Waals surface area (Å²) in [6.07, 6.45) is 1.78. The third-order valence-electron chi connectivity index (χ3n) is 4.27. The third-order valence-corrected chi connectivity index (χ3v) is 5.22. The van der Waals surface area contributed by atoms with E-state index in [2.05, 4.69) is 10.2 Å².